The number of nitrogens with one attached hydrogen (secondary N) is 4. The molecule has 0 bridgehead atoms. The number of likely N-dealkylation sites (N-methyl/N-ethyl adjacent to an activating group) is 1. The van der Waals surface area contributed by atoms with Crippen LogP contribution < -0.4 is 25.5 Å². The second kappa shape index (κ2) is 33.1. The van der Waals surface area contributed by atoms with E-state index >= 15 is 0 Å². The number of ether oxygens (including phenoxy) is 2. The zero-order chi connectivity index (χ0) is 63.5. The number of ketones is 2. The number of likely N-dealkylation sites (tertiary alicyclic amines) is 2. The van der Waals surface area contributed by atoms with Crippen LogP contribution in [0.2, 0.25) is 0 Å². The van der Waals surface area contributed by atoms with Crippen molar-refractivity contribution < 1.29 is 71.7 Å². The molecule has 24 heteroatoms. The molecule has 4 N–H and O–H groups in total. The lowest BCUT2D eigenvalue weighted by atomic mass is 9.92. The van der Waals surface area contributed by atoms with Crippen LogP contribution in [0.1, 0.15) is 137 Å². The molecule has 10 atom stereocenters. The van der Waals surface area contributed by atoms with E-state index in [0.29, 0.717) is 83.4 Å². The van der Waals surface area contributed by atoms with Crippen molar-refractivity contribution in [1.29, 1.82) is 0 Å². The fraction of sp³-hybridized carbons (Fsp3) is 0.531. The number of fused-ring (bicyclic) bond motifs is 2. The highest BCUT2D eigenvalue weighted by molar-refractivity contribution is 7.81. The highest BCUT2D eigenvalue weighted by Gasteiger charge is 2.43. The van der Waals surface area contributed by atoms with E-state index in [2.05, 4.69) is 37.6 Å². The SMILES string of the molecule is CC[C@@H](C)C(=O)N[C@@H](Cc1ccc(OS(=O)(=O)F)cc1)C(=O)N1CCC[C@H]1C(=O)N[C@@H]1Cc2ccccc2[C@@H]1OCCCCCCO[C@H]1c2ccccc2C[C@H]1CC(=O)[C@@H]1CCCN1C(=O)[C@H](CNCc1ccc(F)cc1)CC(=O)[C@H](C)NC.O=S(=O)=O. The molecule has 0 aromatic heterocycles. The van der Waals surface area contributed by atoms with Crippen molar-refractivity contribution in [2.45, 2.75) is 160 Å². The fourth-order valence-corrected chi connectivity index (χ4v) is 12.6. The van der Waals surface area contributed by atoms with Crippen molar-refractivity contribution in [1.82, 2.24) is 31.1 Å². The Hall–Kier alpha value is -6.83. The lowest BCUT2D eigenvalue weighted by Gasteiger charge is -2.31. The summed E-state index contributed by atoms with van der Waals surface area (Å²) in [4.78, 5) is 87.0. The molecule has 0 spiro atoms. The number of hydrogen-bond donors (Lipinski definition) is 4. The first-order valence-corrected chi connectivity index (χ1v) is 32.7. The van der Waals surface area contributed by atoms with Gasteiger partial charge in [-0.3, -0.25) is 28.8 Å². The Balaban J connectivity index is 0.00000268. The van der Waals surface area contributed by atoms with Gasteiger partial charge in [0.05, 0.1) is 30.1 Å². The molecule has 4 aliphatic rings. The summed E-state index contributed by atoms with van der Waals surface area (Å²) in [5.41, 5.74) is 5.72. The van der Waals surface area contributed by atoms with Gasteiger partial charge in [-0.15, -0.1) is 12.6 Å². The predicted molar refractivity (Wildman–Crippen MR) is 322 cm³/mol. The average molecular weight is 1260 g/mol. The third kappa shape index (κ3) is 19.6. The Morgan fingerprint density at radius 2 is 1.30 bits per heavy atom. The zero-order valence-electron chi connectivity index (χ0n) is 50.3. The van der Waals surface area contributed by atoms with Crippen LogP contribution in [0.15, 0.2) is 97.1 Å². The molecule has 2 heterocycles. The summed E-state index contributed by atoms with van der Waals surface area (Å²) in [5.74, 6) is -3.08. The first-order valence-electron chi connectivity index (χ1n) is 30.4. The van der Waals surface area contributed by atoms with Gasteiger partial charge in [0.1, 0.15) is 35.5 Å². The molecule has 478 valence electrons. The van der Waals surface area contributed by atoms with Crippen LogP contribution in [0.3, 0.4) is 0 Å². The summed E-state index contributed by atoms with van der Waals surface area (Å²) in [7, 11) is -6.64. The lowest BCUT2D eigenvalue weighted by Crippen LogP contribution is -2.56. The summed E-state index contributed by atoms with van der Waals surface area (Å²) in [5, 5.41) is 12.4. The average Bonchev–Trinajstić information content (AvgIpc) is 2.92. The lowest BCUT2D eigenvalue weighted by molar-refractivity contribution is -0.143. The summed E-state index contributed by atoms with van der Waals surface area (Å²) in [6.07, 6.45) is 6.99. The van der Waals surface area contributed by atoms with Crippen molar-refractivity contribution >= 4 is 56.3 Å². The molecule has 4 aromatic carbocycles. The van der Waals surface area contributed by atoms with Crippen molar-refractivity contribution in [3.8, 4) is 5.75 Å². The van der Waals surface area contributed by atoms with E-state index in [9.17, 15) is 45.5 Å². The van der Waals surface area contributed by atoms with Crippen LogP contribution in [0.5, 0.6) is 5.75 Å². The maximum absolute atomic E-state index is 14.4. The Kier molecular flexibility index (Phi) is 25.8. The van der Waals surface area contributed by atoms with Crippen molar-refractivity contribution in [2.75, 3.05) is 39.9 Å². The Morgan fingerprint density at radius 3 is 1.91 bits per heavy atom. The van der Waals surface area contributed by atoms with E-state index in [1.165, 1.54) is 41.3 Å². The summed E-state index contributed by atoms with van der Waals surface area (Å²) in [6, 6.07) is 24.5. The molecule has 20 nitrogen and oxygen atoms in total. The van der Waals surface area contributed by atoms with Gasteiger partial charge in [0, 0.05) is 70.5 Å². The van der Waals surface area contributed by atoms with Gasteiger partial charge in [0.25, 0.3) is 0 Å². The third-order valence-electron chi connectivity index (χ3n) is 17.2. The van der Waals surface area contributed by atoms with Gasteiger partial charge >= 0.3 is 21.1 Å². The van der Waals surface area contributed by atoms with Gasteiger partial charge in [0.15, 0.2) is 5.78 Å². The molecule has 2 aliphatic carbocycles. The highest BCUT2D eigenvalue weighted by Crippen LogP contribution is 2.42. The molecule has 2 fully saturated rings. The number of Topliss-reactive ketones (excluding diaryl/α,β-unsaturated/α-hetero) is 2. The molecule has 4 aromatic rings. The first kappa shape index (κ1) is 68.7. The molecule has 4 amide bonds. The van der Waals surface area contributed by atoms with Crippen LogP contribution in [0.25, 0.3) is 0 Å². The van der Waals surface area contributed by atoms with Crippen LogP contribution in [-0.4, -0.2) is 136 Å². The Labute approximate surface area is 516 Å². The minimum absolute atomic E-state index is 0.00433. The predicted octanol–water partition coefficient (Wildman–Crippen LogP) is 6.69. The number of halogens is 2. The summed E-state index contributed by atoms with van der Waals surface area (Å²) in [6.45, 7) is 7.72. The van der Waals surface area contributed by atoms with Crippen LogP contribution in [0, 0.1) is 23.6 Å². The fourth-order valence-electron chi connectivity index (χ4n) is 12.2. The number of carbonyl (C=O) groups is 6. The summed E-state index contributed by atoms with van der Waals surface area (Å²) < 4.78 is 91.7. The quantitative estimate of drug-likeness (QED) is 0.0302. The monoisotopic (exact) mass is 1260 g/mol. The van der Waals surface area contributed by atoms with Crippen LogP contribution >= 0.6 is 0 Å². The summed E-state index contributed by atoms with van der Waals surface area (Å²) >= 11 is 0. The van der Waals surface area contributed by atoms with Gasteiger partial charge in [0.2, 0.25) is 23.6 Å². The molecular formula is C64H82F2N6O14S2. The number of hydrogen-bond acceptors (Lipinski definition) is 16. The topological polar surface area (TPSA) is 270 Å². The van der Waals surface area contributed by atoms with E-state index in [1.54, 1.807) is 37.9 Å². The standard InChI is InChI=1S/C64H82F2N6O11S.O3S/c1-5-41(2)61(75)70-54(34-43-24-28-50(29-25-43)83-84(66,79)80)64(78)72-31-15-21-56(72)62(76)69-53-36-46-17-9-11-19-52(46)60(53)82-33-13-7-6-12-32-81-59-47(35-45-16-8-10-18-51(45)59)37-58(74)55-20-14-30-71(55)63(77)48(38-57(73)42(3)67-4)40-68-39-44-22-26-49(65)27-23-44;1-4(2)3/h8-11,16-19,22-29,41-42,47-48,53-56,59-60,67-68H,5-7,12-15,20-21,30-40H2,1-4H3,(H,69,76)(H,70,75);/t41-,42+,47+,48+,53-,54+,55+,56+,59-,60+;/m1./s1. The van der Waals surface area contributed by atoms with Crippen LogP contribution in [-0.2, 0) is 85.2 Å². The van der Waals surface area contributed by atoms with E-state index < -0.39 is 63.2 Å². The minimum atomic E-state index is -5.24. The zero-order valence-corrected chi connectivity index (χ0v) is 52.0. The largest absolute Gasteiger partial charge is 0.488 e. The Bertz CT molecular complexity index is 3260. The second-order valence-electron chi connectivity index (χ2n) is 23.3. The Morgan fingerprint density at radius 1 is 0.727 bits per heavy atom. The minimum Gasteiger partial charge on any atom is -0.373 e. The molecule has 2 aliphatic heterocycles. The molecule has 88 heavy (non-hydrogen) atoms. The van der Waals surface area contributed by atoms with Gasteiger partial charge in [-0.05, 0) is 129 Å². The highest BCUT2D eigenvalue weighted by atomic mass is 32.3. The maximum Gasteiger partial charge on any atom is 0.488 e. The second-order valence-corrected chi connectivity index (χ2v) is 24.6. The molecule has 0 saturated carbocycles. The van der Waals surface area contributed by atoms with Crippen molar-refractivity contribution in [3.63, 3.8) is 0 Å². The van der Waals surface area contributed by atoms with E-state index in [1.807, 2.05) is 43.3 Å². The van der Waals surface area contributed by atoms with Gasteiger partial charge in [-0.2, -0.15) is 8.42 Å². The number of amides is 4. The number of benzene rings is 4. The van der Waals surface area contributed by atoms with Crippen LogP contribution in [0.4, 0.5) is 8.28 Å². The molecule has 8 rings (SSSR count). The number of unbranched alkanes of at least 4 members (excludes halogenated alkanes) is 3. The van der Waals surface area contributed by atoms with Gasteiger partial charge < -0.3 is 44.7 Å². The normalized spacial score (nSPS) is 20.8. The number of rotatable bonds is 31. The van der Waals surface area contributed by atoms with E-state index in [4.69, 9.17) is 22.1 Å². The third-order valence-corrected chi connectivity index (χ3v) is 17.6. The van der Waals surface area contributed by atoms with E-state index in [-0.39, 0.29) is 90.6 Å². The smallest absolute Gasteiger partial charge is 0.373 e. The van der Waals surface area contributed by atoms with Gasteiger partial charge in [-0.25, -0.2) is 4.39 Å². The molecule has 2 saturated heterocycles. The molecule has 0 unspecified atom stereocenters. The number of carbonyl (C=O) groups excluding carboxylic acids is 6. The molecular weight excluding hydrogens is 1180 g/mol. The number of nitrogens with zero attached hydrogens (tertiary/aromatic N) is 2. The molecule has 0 radical (unpaired) electrons. The van der Waals surface area contributed by atoms with Crippen molar-refractivity contribution in [3.05, 3.63) is 136 Å². The maximum atomic E-state index is 14.4. The van der Waals surface area contributed by atoms with Gasteiger partial charge in [-0.1, -0.05) is 103 Å². The first-order chi connectivity index (χ1) is 42.1. The van der Waals surface area contributed by atoms with Crippen molar-refractivity contribution in [2.24, 2.45) is 17.8 Å². The van der Waals surface area contributed by atoms with E-state index in [0.717, 1.165) is 53.5 Å².